The van der Waals surface area contributed by atoms with Gasteiger partial charge in [0.2, 0.25) is 0 Å². The summed E-state index contributed by atoms with van der Waals surface area (Å²) in [6, 6.07) is 20.5. The largest absolute Gasteiger partial charge is 0.469 e. The molecule has 160 valence electrons. The summed E-state index contributed by atoms with van der Waals surface area (Å²) < 4.78 is 4.68. The first-order valence-electron chi connectivity index (χ1n) is 10.4. The van der Waals surface area contributed by atoms with Crippen molar-refractivity contribution in [2.24, 2.45) is 0 Å². The number of esters is 1. The normalized spacial score (nSPS) is 21.8. The average Bonchev–Trinajstić information content (AvgIpc) is 3.32. The fraction of sp³-hybridized carbons (Fsp3) is 0.280. The summed E-state index contributed by atoms with van der Waals surface area (Å²) in [5.74, 6) is 0.605. The smallest absolute Gasteiger partial charge is 0.321 e. The van der Waals surface area contributed by atoms with E-state index in [2.05, 4.69) is 29.0 Å². The van der Waals surface area contributed by atoms with E-state index in [-0.39, 0.29) is 30.5 Å². The summed E-state index contributed by atoms with van der Waals surface area (Å²) in [5, 5.41) is 0. The van der Waals surface area contributed by atoms with E-state index in [1.54, 1.807) is 17.8 Å². The van der Waals surface area contributed by atoms with Crippen LogP contribution in [0.4, 0.5) is 4.79 Å². The second kappa shape index (κ2) is 9.88. The second-order valence-corrected chi connectivity index (χ2v) is 8.70. The quantitative estimate of drug-likeness (QED) is 0.472. The highest BCUT2D eigenvalue weighted by molar-refractivity contribution is 8.03. The highest BCUT2D eigenvalue weighted by Crippen LogP contribution is 2.43. The van der Waals surface area contributed by atoms with Crippen LogP contribution in [0.15, 0.2) is 83.8 Å². The number of carbonyl (C=O) groups is 2. The summed E-state index contributed by atoms with van der Waals surface area (Å²) in [4.78, 5) is 30.0. The van der Waals surface area contributed by atoms with Crippen LogP contribution >= 0.6 is 11.8 Å². The molecule has 2 amide bonds. The standard InChI is InChI=1S/C25H26N2O3S/c1-30-23(28)15-9-8-14-22-24-21(18-31-22)26(16-19-10-4-2-5-11-19)25(29)27(24)17-20-12-6-3-7-13-20/h2-14,21,24H,15-18H2,1H3/b9-8+,22-14+/t21-,24-/m0/s1. The Morgan fingerprint density at radius 3 is 2.26 bits per heavy atom. The zero-order chi connectivity index (χ0) is 21.6. The predicted molar refractivity (Wildman–Crippen MR) is 123 cm³/mol. The van der Waals surface area contributed by atoms with Crippen LogP contribution in [-0.2, 0) is 22.6 Å². The maximum absolute atomic E-state index is 13.5. The van der Waals surface area contributed by atoms with Crippen LogP contribution in [-0.4, -0.2) is 46.7 Å². The van der Waals surface area contributed by atoms with Gasteiger partial charge in [-0.3, -0.25) is 4.79 Å². The van der Waals surface area contributed by atoms with Gasteiger partial charge in [0.05, 0.1) is 25.6 Å². The van der Waals surface area contributed by atoms with Crippen molar-refractivity contribution < 1.29 is 14.3 Å². The monoisotopic (exact) mass is 434 g/mol. The van der Waals surface area contributed by atoms with Crippen molar-refractivity contribution in [2.75, 3.05) is 12.9 Å². The molecular formula is C25H26N2O3S. The summed E-state index contributed by atoms with van der Waals surface area (Å²) in [6.07, 6.45) is 5.97. The average molecular weight is 435 g/mol. The van der Waals surface area contributed by atoms with E-state index in [0.29, 0.717) is 13.1 Å². The second-order valence-electron chi connectivity index (χ2n) is 7.61. The van der Waals surface area contributed by atoms with Gasteiger partial charge in [-0.1, -0.05) is 78.9 Å². The topological polar surface area (TPSA) is 49.9 Å². The van der Waals surface area contributed by atoms with Crippen LogP contribution in [0.25, 0.3) is 0 Å². The third-order valence-corrected chi connectivity index (χ3v) is 6.82. The summed E-state index contributed by atoms with van der Waals surface area (Å²) in [6.45, 7) is 1.19. The molecule has 0 bridgehead atoms. The van der Waals surface area contributed by atoms with Crippen molar-refractivity contribution >= 4 is 23.8 Å². The Morgan fingerprint density at radius 1 is 1.03 bits per heavy atom. The van der Waals surface area contributed by atoms with Gasteiger partial charge in [-0.05, 0) is 11.1 Å². The number of fused-ring (bicyclic) bond motifs is 1. The SMILES string of the molecule is COC(=O)C/C=C/C=C1/SC[C@H]2[C@@H]1N(Cc1ccccc1)C(=O)N2Cc1ccccc1. The van der Waals surface area contributed by atoms with Gasteiger partial charge >= 0.3 is 12.0 Å². The number of hydrogen-bond donors (Lipinski definition) is 0. The number of methoxy groups -OCH3 is 1. The molecule has 2 atom stereocenters. The molecule has 2 heterocycles. The van der Waals surface area contributed by atoms with E-state index in [0.717, 1.165) is 21.8 Å². The van der Waals surface area contributed by atoms with Crippen molar-refractivity contribution in [3.8, 4) is 0 Å². The van der Waals surface area contributed by atoms with Crippen LogP contribution in [0.3, 0.4) is 0 Å². The number of amides is 2. The molecular weight excluding hydrogens is 408 g/mol. The first-order valence-corrected chi connectivity index (χ1v) is 11.4. The molecule has 0 aromatic heterocycles. The van der Waals surface area contributed by atoms with Gasteiger partial charge in [0.1, 0.15) is 0 Å². The molecule has 2 aromatic rings. The fourth-order valence-electron chi connectivity index (χ4n) is 4.06. The Kier molecular flexibility index (Phi) is 6.77. The lowest BCUT2D eigenvalue weighted by atomic mass is 10.1. The predicted octanol–water partition coefficient (Wildman–Crippen LogP) is 4.61. The number of benzene rings is 2. The number of rotatable bonds is 7. The van der Waals surface area contributed by atoms with Crippen molar-refractivity contribution in [1.29, 1.82) is 0 Å². The van der Waals surface area contributed by atoms with Crippen molar-refractivity contribution in [3.63, 3.8) is 0 Å². The zero-order valence-electron chi connectivity index (χ0n) is 17.5. The Bertz CT molecular complexity index is 975. The molecule has 2 aliphatic heterocycles. The maximum atomic E-state index is 13.5. The Hall–Kier alpha value is -2.99. The van der Waals surface area contributed by atoms with E-state index >= 15 is 0 Å². The minimum atomic E-state index is -0.262. The molecule has 2 saturated heterocycles. The number of nitrogens with zero attached hydrogens (tertiary/aromatic N) is 2. The molecule has 2 aliphatic rings. The number of carbonyl (C=O) groups excluding carboxylic acids is 2. The first kappa shape index (κ1) is 21.2. The molecule has 0 aliphatic carbocycles. The molecule has 0 unspecified atom stereocenters. The maximum Gasteiger partial charge on any atom is 0.321 e. The van der Waals surface area contributed by atoms with Crippen LogP contribution in [0.2, 0.25) is 0 Å². The van der Waals surface area contributed by atoms with E-state index < -0.39 is 0 Å². The molecule has 2 fully saturated rings. The van der Waals surface area contributed by atoms with E-state index in [4.69, 9.17) is 0 Å². The molecule has 0 spiro atoms. The molecule has 0 saturated carbocycles. The van der Waals surface area contributed by atoms with Gasteiger partial charge in [0.15, 0.2) is 0 Å². The summed E-state index contributed by atoms with van der Waals surface area (Å²) in [7, 11) is 1.39. The van der Waals surface area contributed by atoms with Gasteiger partial charge in [0, 0.05) is 23.7 Å². The minimum absolute atomic E-state index is 0.0178. The van der Waals surface area contributed by atoms with Gasteiger partial charge in [0.25, 0.3) is 0 Å². The summed E-state index contributed by atoms with van der Waals surface area (Å²) in [5.41, 5.74) is 2.25. The fourth-order valence-corrected chi connectivity index (χ4v) is 5.42. The van der Waals surface area contributed by atoms with Gasteiger partial charge < -0.3 is 14.5 Å². The highest BCUT2D eigenvalue weighted by atomic mass is 32.2. The minimum Gasteiger partial charge on any atom is -0.469 e. The number of hydrogen-bond acceptors (Lipinski definition) is 4. The summed E-state index contributed by atoms with van der Waals surface area (Å²) >= 11 is 1.79. The van der Waals surface area contributed by atoms with Crippen molar-refractivity contribution in [1.82, 2.24) is 9.80 Å². The molecule has 5 nitrogen and oxygen atoms in total. The molecule has 6 heteroatoms. The number of allylic oxidation sites excluding steroid dienone is 2. The van der Waals surface area contributed by atoms with Crippen LogP contribution in [0.5, 0.6) is 0 Å². The van der Waals surface area contributed by atoms with Crippen molar-refractivity contribution in [2.45, 2.75) is 31.6 Å². The first-order chi connectivity index (χ1) is 15.2. The lowest BCUT2D eigenvalue weighted by molar-refractivity contribution is -0.139. The Balaban J connectivity index is 1.58. The van der Waals surface area contributed by atoms with Crippen LogP contribution in [0, 0.1) is 0 Å². The van der Waals surface area contributed by atoms with Crippen LogP contribution in [0.1, 0.15) is 17.5 Å². The molecule has 31 heavy (non-hydrogen) atoms. The highest BCUT2D eigenvalue weighted by Gasteiger charge is 2.50. The lowest BCUT2D eigenvalue weighted by Crippen LogP contribution is -2.35. The van der Waals surface area contributed by atoms with E-state index in [1.165, 1.54) is 7.11 Å². The van der Waals surface area contributed by atoms with Crippen LogP contribution < -0.4 is 0 Å². The van der Waals surface area contributed by atoms with E-state index in [1.807, 2.05) is 58.4 Å². The third kappa shape index (κ3) is 4.85. The number of thioether (sulfide) groups is 1. The molecule has 2 aromatic carbocycles. The zero-order valence-corrected chi connectivity index (χ0v) is 18.3. The third-order valence-electron chi connectivity index (χ3n) is 5.60. The Labute approximate surface area is 187 Å². The molecule has 0 N–H and O–H groups in total. The Morgan fingerprint density at radius 2 is 1.65 bits per heavy atom. The number of urea groups is 1. The molecule has 4 rings (SSSR count). The van der Waals surface area contributed by atoms with Gasteiger partial charge in [-0.25, -0.2) is 4.79 Å². The number of ether oxygens (including phenoxy) is 1. The van der Waals surface area contributed by atoms with Gasteiger partial charge in [-0.15, -0.1) is 11.8 Å². The van der Waals surface area contributed by atoms with Crippen molar-refractivity contribution in [3.05, 3.63) is 94.9 Å². The molecule has 0 radical (unpaired) electrons. The lowest BCUT2D eigenvalue weighted by Gasteiger charge is -2.23. The van der Waals surface area contributed by atoms with E-state index in [9.17, 15) is 9.59 Å². The van der Waals surface area contributed by atoms with Gasteiger partial charge in [-0.2, -0.15) is 0 Å².